The first-order valence-corrected chi connectivity index (χ1v) is 5.41. The summed E-state index contributed by atoms with van der Waals surface area (Å²) < 4.78 is 11.7. The van der Waals surface area contributed by atoms with E-state index in [1.54, 1.807) is 0 Å². The van der Waals surface area contributed by atoms with E-state index >= 15 is 0 Å². The maximum Gasteiger partial charge on any atom is 0.164 e. The summed E-state index contributed by atoms with van der Waals surface area (Å²) in [4.78, 5) is 0. The van der Waals surface area contributed by atoms with Crippen LogP contribution in [-0.4, -0.2) is 11.9 Å². The summed E-state index contributed by atoms with van der Waals surface area (Å²) in [5.74, 6) is -0.466. The second-order valence-electron chi connectivity index (χ2n) is 4.62. The number of hydrogen-bond donors (Lipinski definition) is 0. The predicted octanol–water partition coefficient (Wildman–Crippen LogP) is 3.21. The highest BCUT2D eigenvalue weighted by molar-refractivity contribution is 5.29. The van der Waals surface area contributed by atoms with Crippen molar-refractivity contribution in [1.82, 2.24) is 0 Å². The summed E-state index contributed by atoms with van der Waals surface area (Å²) in [6.45, 7) is 8.09. The highest BCUT2D eigenvalue weighted by Gasteiger charge is 2.39. The maximum absolute atomic E-state index is 5.91. The molecule has 0 spiro atoms. The van der Waals surface area contributed by atoms with Crippen molar-refractivity contribution < 1.29 is 9.47 Å². The van der Waals surface area contributed by atoms with Gasteiger partial charge < -0.3 is 9.47 Å². The molecule has 82 valence electrons. The lowest BCUT2D eigenvalue weighted by atomic mass is 10.0. The molecule has 0 radical (unpaired) electrons. The number of ether oxygens (including phenoxy) is 2. The Bertz CT molecular complexity index is 357. The third kappa shape index (κ3) is 2.06. The first-order valence-electron chi connectivity index (χ1n) is 5.41. The number of benzene rings is 1. The minimum absolute atomic E-state index is 0.0567. The number of aryl methyl sites for hydroxylation is 1. The lowest BCUT2D eigenvalue weighted by molar-refractivity contribution is -0.145. The number of hydrogen-bond acceptors (Lipinski definition) is 2. The lowest BCUT2D eigenvalue weighted by Crippen LogP contribution is -2.20. The SMILES string of the molecule is Cc1ccccc1[C@H]1OC(C)(C)O[C@@H]1C. The molecule has 2 atom stereocenters. The topological polar surface area (TPSA) is 18.5 Å². The first-order chi connectivity index (χ1) is 6.99. The summed E-state index contributed by atoms with van der Waals surface area (Å²) >= 11 is 0. The van der Waals surface area contributed by atoms with E-state index in [4.69, 9.17) is 9.47 Å². The van der Waals surface area contributed by atoms with Crippen molar-refractivity contribution in [2.24, 2.45) is 0 Å². The highest BCUT2D eigenvalue weighted by Crippen LogP contribution is 2.38. The zero-order chi connectivity index (χ0) is 11.1. The molecule has 1 fully saturated rings. The van der Waals surface area contributed by atoms with Gasteiger partial charge in [0, 0.05) is 0 Å². The molecule has 0 saturated carbocycles. The molecular weight excluding hydrogens is 188 g/mol. The van der Waals surface area contributed by atoms with Crippen LogP contribution >= 0.6 is 0 Å². The van der Waals surface area contributed by atoms with E-state index in [0.29, 0.717) is 0 Å². The second kappa shape index (κ2) is 3.62. The standard InChI is InChI=1S/C13H18O2/c1-9-7-5-6-8-11(9)12-10(2)14-13(3,4)15-12/h5-8,10,12H,1-4H3/t10-,12+/m1/s1. The Kier molecular flexibility index (Phi) is 2.57. The summed E-state index contributed by atoms with van der Waals surface area (Å²) in [6.07, 6.45) is 0.169. The third-order valence-corrected chi connectivity index (χ3v) is 2.80. The van der Waals surface area contributed by atoms with Crippen LogP contribution in [-0.2, 0) is 9.47 Å². The van der Waals surface area contributed by atoms with Crippen LogP contribution in [0.15, 0.2) is 24.3 Å². The molecule has 0 aromatic heterocycles. The molecule has 0 unspecified atom stereocenters. The van der Waals surface area contributed by atoms with Crippen molar-refractivity contribution in [2.75, 3.05) is 0 Å². The molecular formula is C13H18O2. The van der Waals surface area contributed by atoms with E-state index in [9.17, 15) is 0 Å². The zero-order valence-electron chi connectivity index (χ0n) is 9.78. The van der Waals surface area contributed by atoms with Crippen molar-refractivity contribution in [3.8, 4) is 0 Å². The molecule has 1 aromatic rings. The monoisotopic (exact) mass is 206 g/mol. The summed E-state index contributed by atoms with van der Waals surface area (Å²) in [6, 6.07) is 8.31. The lowest BCUT2D eigenvalue weighted by Gasteiger charge is -2.18. The van der Waals surface area contributed by atoms with Gasteiger partial charge in [0.05, 0.1) is 6.10 Å². The van der Waals surface area contributed by atoms with Crippen LogP contribution in [0.4, 0.5) is 0 Å². The molecule has 1 aliphatic heterocycles. The van der Waals surface area contributed by atoms with Gasteiger partial charge in [0.15, 0.2) is 5.79 Å². The Hall–Kier alpha value is -0.860. The maximum atomic E-state index is 5.91. The van der Waals surface area contributed by atoms with Gasteiger partial charge in [0.2, 0.25) is 0 Å². The van der Waals surface area contributed by atoms with E-state index in [2.05, 4.69) is 26.0 Å². The smallest absolute Gasteiger partial charge is 0.164 e. The zero-order valence-corrected chi connectivity index (χ0v) is 9.78. The molecule has 0 bridgehead atoms. The molecule has 0 aliphatic carbocycles. The van der Waals surface area contributed by atoms with Gasteiger partial charge in [-0.15, -0.1) is 0 Å². The summed E-state index contributed by atoms with van der Waals surface area (Å²) in [5, 5.41) is 0. The minimum Gasteiger partial charge on any atom is -0.344 e. The van der Waals surface area contributed by atoms with Gasteiger partial charge in [-0.25, -0.2) is 0 Å². The highest BCUT2D eigenvalue weighted by atomic mass is 16.7. The predicted molar refractivity (Wildman–Crippen MR) is 59.6 cm³/mol. The van der Waals surface area contributed by atoms with Crippen molar-refractivity contribution >= 4 is 0 Å². The third-order valence-electron chi connectivity index (χ3n) is 2.80. The van der Waals surface area contributed by atoms with Gasteiger partial charge >= 0.3 is 0 Å². The van der Waals surface area contributed by atoms with Crippen LogP contribution in [0.2, 0.25) is 0 Å². The van der Waals surface area contributed by atoms with Crippen molar-refractivity contribution in [3.05, 3.63) is 35.4 Å². The average molecular weight is 206 g/mol. The fourth-order valence-electron chi connectivity index (χ4n) is 2.16. The Morgan fingerprint density at radius 1 is 1.13 bits per heavy atom. The van der Waals surface area contributed by atoms with E-state index in [0.717, 1.165) is 0 Å². The van der Waals surface area contributed by atoms with Crippen LogP contribution in [0, 0.1) is 6.92 Å². The Morgan fingerprint density at radius 2 is 1.80 bits per heavy atom. The molecule has 1 heterocycles. The average Bonchev–Trinajstić information content (AvgIpc) is 2.40. The van der Waals surface area contributed by atoms with E-state index in [1.165, 1.54) is 11.1 Å². The first kappa shape index (κ1) is 10.7. The fourth-order valence-corrected chi connectivity index (χ4v) is 2.16. The van der Waals surface area contributed by atoms with Crippen molar-refractivity contribution in [3.63, 3.8) is 0 Å². The molecule has 15 heavy (non-hydrogen) atoms. The van der Waals surface area contributed by atoms with Crippen LogP contribution < -0.4 is 0 Å². The Balaban J connectivity index is 2.29. The van der Waals surface area contributed by atoms with Crippen LogP contribution in [0.5, 0.6) is 0 Å². The van der Waals surface area contributed by atoms with Crippen molar-refractivity contribution in [2.45, 2.75) is 45.7 Å². The van der Waals surface area contributed by atoms with E-state index < -0.39 is 5.79 Å². The van der Waals surface area contributed by atoms with Gasteiger partial charge in [-0.05, 0) is 38.8 Å². The van der Waals surface area contributed by atoms with Crippen LogP contribution in [0.1, 0.15) is 38.0 Å². The number of rotatable bonds is 1. The second-order valence-corrected chi connectivity index (χ2v) is 4.62. The molecule has 1 saturated heterocycles. The quantitative estimate of drug-likeness (QED) is 0.702. The van der Waals surface area contributed by atoms with E-state index in [1.807, 2.05) is 26.0 Å². The molecule has 2 rings (SSSR count). The van der Waals surface area contributed by atoms with Crippen LogP contribution in [0.25, 0.3) is 0 Å². The van der Waals surface area contributed by atoms with Crippen molar-refractivity contribution in [1.29, 1.82) is 0 Å². The fraction of sp³-hybridized carbons (Fsp3) is 0.538. The van der Waals surface area contributed by atoms with Gasteiger partial charge in [-0.1, -0.05) is 24.3 Å². The normalized spacial score (nSPS) is 29.3. The Morgan fingerprint density at radius 3 is 2.33 bits per heavy atom. The molecule has 2 nitrogen and oxygen atoms in total. The van der Waals surface area contributed by atoms with E-state index in [-0.39, 0.29) is 12.2 Å². The molecule has 1 aromatic carbocycles. The van der Waals surface area contributed by atoms with Gasteiger partial charge in [0.1, 0.15) is 6.10 Å². The van der Waals surface area contributed by atoms with Gasteiger partial charge in [-0.2, -0.15) is 0 Å². The molecule has 2 heteroatoms. The van der Waals surface area contributed by atoms with Crippen LogP contribution in [0.3, 0.4) is 0 Å². The molecule has 0 amide bonds. The summed E-state index contributed by atoms with van der Waals surface area (Å²) in [7, 11) is 0. The van der Waals surface area contributed by atoms with Gasteiger partial charge in [0.25, 0.3) is 0 Å². The minimum atomic E-state index is -0.466. The molecule has 1 aliphatic rings. The largest absolute Gasteiger partial charge is 0.344 e. The Labute approximate surface area is 91.2 Å². The molecule has 0 N–H and O–H groups in total. The van der Waals surface area contributed by atoms with Gasteiger partial charge in [-0.3, -0.25) is 0 Å². The summed E-state index contributed by atoms with van der Waals surface area (Å²) in [5.41, 5.74) is 2.49.